The zero-order chi connectivity index (χ0) is 26.5. The highest BCUT2D eigenvalue weighted by atomic mass is 16.5. The van der Waals surface area contributed by atoms with Crippen LogP contribution >= 0.6 is 0 Å². The molecule has 3 aromatic carbocycles. The lowest BCUT2D eigenvalue weighted by Crippen LogP contribution is -2.22. The Hall–Kier alpha value is -4.59. The van der Waals surface area contributed by atoms with Crippen molar-refractivity contribution in [2.45, 2.75) is 20.8 Å². The third-order valence-electron chi connectivity index (χ3n) is 6.05. The van der Waals surface area contributed by atoms with Crippen LogP contribution in [-0.4, -0.2) is 42.5 Å². The zero-order valence-electron chi connectivity index (χ0n) is 21.5. The van der Waals surface area contributed by atoms with Crippen molar-refractivity contribution in [3.8, 4) is 28.4 Å². The molecular formula is C29H29N3O5. The summed E-state index contributed by atoms with van der Waals surface area (Å²) in [4.78, 5) is 25.3. The number of hydrogen-bond donors (Lipinski definition) is 1. The number of aryl methyl sites for hydroxylation is 3. The van der Waals surface area contributed by atoms with Gasteiger partial charge in [0.15, 0.2) is 18.1 Å². The van der Waals surface area contributed by atoms with Gasteiger partial charge in [0.25, 0.3) is 5.91 Å². The van der Waals surface area contributed by atoms with Crippen LogP contribution in [0.3, 0.4) is 0 Å². The first-order valence-corrected chi connectivity index (χ1v) is 11.7. The second-order valence-electron chi connectivity index (χ2n) is 8.61. The van der Waals surface area contributed by atoms with E-state index >= 15 is 0 Å². The van der Waals surface area contributed by atoms with Gasteiger partial charge in [0.2, 0.25) is 0 Å². The van der Waals surface area contributed by atoms with E-state index in [-0.39, 0.29) is 5.56 Å². The molecule has 0 radical (unpaired) electrons. The van der Waals surface area contributed by atoms with Gasteiger partial charge in [-0.15, -0.1) is 0 Å². The smallest absolute Gasteiger partial charge is 0.338 e. The number of amides is 1. The number of hydrogen-bond acceptors (Lipinski definition) is 6. The van der Waals surface area contributed by atoms with Crippen LogP contribution in [0.5, 0.6) is 11.5 Å². The van der Waals surface area contributed by atoms with Crippen LogP contribution in [0.25, 0.3) is 16.9 Å². The molecule has 4 aromatic rings. The molecule has 0 saturated carbocycles. The SMILES string of the molecule is COc1ccc(C(=O)OCC(=O)Nc2cc(-c3cc(C)c(C)cc3C)nn2-c2ccccc2)cc1OC. The highest BCUT2D eigenvalue weighted by Crippen LogP contribution is 2.30. The van der Waals surface area contributed by atoms with E-state index in [2.05, 4.69) is 31.3 Å². The number of rotatable bonds is 8. The number of carbonyl (C=O) groups is 2. The molecule has 1 heterocycles. The first-order valence-electron chi connectivity index (χ1n) is 11.7. The molecule has 0 aliphatic rings. The van der Waals surface area contributed by atoms with Gasteiger partial charge < -0.3 is 19.5 Å². The van der Waals surface area contributed by atoms with E-state index in [1.54, 1.807) is 16.8 Å². The lowest BCUT2D eigenvalue weighted by Gasteiger charge is -2.10. The largest absolute Gasteiger partial charge is 0.493 e. The van der Waals surface area contributed by atoms with Gasteiger partial charge in [0.1, 0.15) is 5.82 Å². The fourth-order valence-corrected chi connectivity index (χ4v) is 3.96. The second kappa shape index (κ2) is 11.0. The quantitative estimate of drug-likeness (QED) is 0.332. The van der Waals surface area contributed by atoms with Gasteiger partial charge in [0, 0.05) is 11.6 Å². The predicted molar refractivity (Wildman–Crippen MR) is 142 cm³/mol. The molecule has 0 aliphatic carbocycles. The maximum absolute atomic E-state index is 12.8. The number of benzene rings is 3. The van der Waals surface area contributed by atoms with Gasteiger partial charge in [-0.25, -0.2) is 9.48 Å². The Morgan fingerprint density at radius 3 is 2.24 bits per heavy atom. The third kappa shape index (κ3) is 5.64. The molecule has 0 aliphatic heterocycles. The Morgan fingerprint density at radius 1 is 0.838 bits per heavy atom. The van der Waals surface area contributed by atoms with Crippen molar-refractivity contribution in [3.05, 3.63) is 89.0 Å². The molecule has 1 N–H and O–H groups in total. The van der Waals surface area contributed by atoms with E-state index in [1.807, 2.05) is 43.3 Å². The number of esters is 1. The number of para-hydroxylation sites is 1. The Morgan fingerprint density at radius 2 is 1.54 bits per heavy atom. The van der Waals surface area contributed by atoms with Crippen LogP contribution in [0.1, 0.15) is 27.0 Å². The minimum Gasteiger partial charge on any atom is -0.493 e. The molecule has 190 valence electrons. The minimum atomic E-state index is -0.654. The molecule has 0 bridgehead atoms. The van der Waals surface area contributed by atoms with E-state index < -0.39 is 18.5 Å². The van der Waals surface area contributed by atoms with Gasteiger partial charge in [-0.05, 0) is 73.9 Å². The summed E-state index contributed by atoms with van der Waals surface area (Å²) < 4.78 is 17.3. The maximum atomic E-state index is 12.8. The number of aromatic nitrogens is 2. The zero-order valence-corrected chi connectivity index (χ0v) is 21.5. The van der Waals surface area contributed by atoms with Crippen LogP contribution in [-0.2, 0) is 9.53 Å². The third-order valence-corrected chi connectivity index (χ3v) is 6.05. The van der Waals surface area contributed by atoms with Crippen LogP contribution in [0.2, 0.25) is 0 Å². The van der Waals surface area contributed by atoms with Crippen molar-refractivity contribution in [1.29, 1.82) is 0 Å². The summed E-state index contributed by atoms with van der Waals surface area (Å²) in [5.74, 6) is 0.197. The molecule has 1 amide bonds. The van der Waals surface area contributed by atoms with Crippen LogP contribution in [0, 0.1) is 20.8 Å². The van der Waals surface area contributed by atoms with E-state index in [0.29, 0.717) is 17.3 Å². The van der Waals surface area contributed by atoms with E-state index in [1.165, 1.54) is 25.8 Å². The minimum absolute atomic E-state index is 0.243. The van der Waals surface area contributed by atoms with Crippen molar-refractivity contribution < 1.29 is 23.8 Å². The topological polar surface area (TPSA) is 91.7 Å². The van der Waals surface area contributed by atoms with E-state index in [4.69, 9.17) is 19.3 Å². The van der Waals surface area contributed by atoms with Crippen LogP contribution in [0.4, 0.5) is 5.82 Å². The summed E-state index contributed by atoms with van der Waals surface area (Å²) in [6.07, 6.45) is 0. The Bertz CT molecular complexity index is 1440. The second-order valence-corrected chi connectivity index (χ2v) is 8.61. The first kappa shape index (κ1) is 25.5. The maximum Gasteiger partial charge on any atom is 0.338 e. The van der Waals surface area contributed by atoms with Crippen molar-refractivity contribution >= 4 is 17.7 Å². The van der Waals surface area contributed by atoms with E-state index in [0.717, 1.165) is 28.1 Å². The predicted octanol–water partition coefficient (Wildman–Crippen LogP) is 5.28. The summed E-state index contributed by atoms with van der Waals surface area (Å²) >= 11 is 0. The lowest BCUT2D eigenvalue weighted by atomic mass is 9.99. The van der Waals surface area contributed by atoms with Crippen LogP contribution in [0.15, 0.2) is 66.7 Å². The standard InChI is InChI=1S/C29H29N3O5/c1-18-13-20(3)23(14-19(18)2)24-16-27(32(31-24)22-9-7-6-8-10-22)30-28(33)17-37-29(34)21-11-12-25(35-4)26(15-21)36-5/h6-16H,17H2,1-5H3,(H,30,33). The molecule has 0 atom stereocenters. The number of methoxy groups -OCH3 is 2. The number of anilines is 1. The van der Waals surface area contributed by atoms with Gasteiger partial charge in [-0.3, -0.25) is 4.79 Å². The molecule has 0 fully saturated rings. The number of ether oxygens (including phenoxy) is 3. The summed E-state index contributed by atoms with van der Waals surface area (Å²) in [5, 5.41) is 7.61. The summed E-state index contributed by atoms with van der Waals surface area (Å²) in [5.41, 5.74) is 6.17. The highest BCUT2D eigenvalue weighted by Gasteiger charge is 2.18. The molecule has 8 heteroatoms. The Kier molecular flexibility index (Phi) is 7.57. The molecule has 0 saturated heterocycles. The Labute approximate surface area is 215 Å². The Balaban J connectivity index is 1.55. The van der Waals surface area contributed by atoms with Crippen molar-refractivity contribution in [1.82, 2.24) is 9.78 Å². The monoisotopic (exact) mass is 499 g/mol. The number of carbonyl (C=O) groups excluding carboxylic acids is 2. The first-order chi connectivity index (χ1) is 17.8. The average Bonchev–Trinajstić information content (AvgIpc) is 3.32. The highest BCUT2D eigenvalue weighted by molar-refractivity contribution is 5.96. The fourth-order valence-electron chi connectivity index (χ4n) is 3.96. The molecule has 0 unspecified atom stereocenters. The number of nitrogens with one attached hydrogen (secondary N) is 1. The van der Waals surface area contributed by atoms with E-state index in [9.17, 15) is 9.59 Å². The van der Waals surface area contributed by atoms with Gasteiger partial charge in [-0.2, -0.15) is 5.10 Å². The summed E-state index contributed by atoms with van der Waals surface area (Å²) in [6, 6.07) is 20.2. The van der Waals surface area contributed by atoms with Gasteiger partial charge in [-0.1, -0.05) is 24.3 Å². The molecule has 4 rings (SSSR count). The normalized spacial score (nSPS) is 10.6. The fraction of sp³-hybridized carbons (Fsp3) is 0.207. The van der Waals surface area contributed by atoms with Crippen LogP contribution < -0.4 is 14.8 Å². The summed E-state index contributed by atoms with van der Waals surface area (Å²) in [7, 11) is 2.98. The van der Waals surface area contributed by atoms with Crippen molar-refractivity contribution in [2.24, 2.45) is 0 Å². The summed E-state index contributed by atoms with van der Waals surface area (Å²) in [6.45, 7) is 5.70. The molecule has 1 aromatic heterocycles. The molecule has 37 heavy (non-hydrogen) atoms. The van der Waals surface area contributed by atoms with Crippen molar-refractivity contribution in [2.75, 3.05) is 26.1 Å². The molecule has 8 nitrogen and oxygen atoms in total. The molecule has 0 spiro atoms. The number of nitrogens with zero attached hydrogens (tertiary/aromatic N) is 2. The average molecular weight is 500 g/mol. The molecular weight excluding hydrogens is 470 g/mol. The van der Waals surface area contributed by atoms with Gasteiger partial charge >= 0.3 is 5.97 Å². The van der Waals surface area contributed by atoms with Gasteiger partial charge in [0.05, 0.1) is 31.2 Å². The van der Waals surface area contributed by atoms with Crippen molar-refractivity contribution in [3.63, 3.8) is 0 Å². The lowest BCUT2D eigenvalue weighted by molar-refractivity contribution is -0.119.